The number of nitro benzene ring substituents is 1. The molecule has 0 aliphatic carbocycles. The molecule has 0 N–H and O–H groups in total. The quantitative estimate of drug-likeness (QED) is 0.597. The van der Waals surface area contributed by atoms with E-state index in [1.54, 1.807) is 6.07 Å². The Labute approximate surface area is 138 Å². The van der Waals surface area contributed by atoms with Crippen LogP contribution in [0.5, 0.6) is 11.5 Å². The second kappa shape index (κ2) is 7.29. The molecule has 1 aliphatic heterocycles. The molecule has 0 radical (unpaired) electrons. The van der Waals surface area contributed by atoms with Gasteiger partial charge in [-0.25, -0.2) is 0 Å². The largest absolute Gasteiger partial charge is 0.493 e. The van der Waals surface area contributed by atoms with Crippen molar-refractivity contribution < 1.29 is 23.9 Å². The van der Waals surface area contributed by atoms with Gasteiger partial charge in [-0.2, -0.15) is 0 Å². The van der Waals surface area contributed by atoms with Crippen molar-refractivity contribution in [2.75, 3.05) is 20.3 Å². The summed E-state index contributed by atoms with van der Waals surface area (Å²) in [5.74, 6) is 0.363. The van der Waals surface area contributed by atoms with Crippen LogP contribution >= 0.6 is 0 Å². The first-order valence-corrected chi connectivity index (χ1v) is 7.45. The summed E-state index contributed by atoms with van der Waals surface area (Å²) in [5.41, 5.74) is 1.25. The third kappa shape index (κ3) is 3.47. The van der Waals surface area contributed by atoms with Gasteiger partial charge in [0.25, 0.3) is 0 Å². The second-order valence-electron chi connectivity index (χ2n) is 5.18. The smallest absolute Gasteiger partial charge is 0.315 e. The molecule has 2 aromatic rings. The fraction of sp³-hybridized carbons (Fsp3) is 0.294. The number of nitro groups is 1. The van der Waals surface area contributed by atoms with E-state index in [9.17, 15) is 10.1 Å². The molecule has 1 saturated heterocycles. The van der Waals surface area contributed by atoms with Crippen molar-refractivity contribution >= 4 is 5.69 Å². The molecule has 1 fully saturated rings. The molecule has 24 heavy (non-hydrogen) atoms. The lowest BCUT2D eigenvalue weighted by atomic mass is 10.1. The molecule has 0 aromatic heterocycles. The fourth-order valence-corrected chi connectivity index (χ4v) is 2.46. The third-order valence-corrected chi connectivity index (χ3v) is 3.59. The lowest BCUT2D eigenvalue weighted by molar-refractivity contribution is -0.386. The monoisotopic (exact) mass is 331 g/mol. The predicted molar refractivity (Wildman–Crippen MR) is 85.1 cm³/mol. The van der Waals surface area contributed by atoms with Gasteiger partial charge in [-0.05, 0) is 11.6 Å². The van der Waals surface area contributed by atoms with Crippen molar-refractivity contribution in [3.8, 4) is 11.5 Å². The Hall–Kier alpha value is -2.64. The average Bonchev–Trinajstić information content (AvgIpc) is 3.14. The van der Waals surface area contributed by atoms with Crippen molar-refractivity contribution in [2.24, 2.45) is 0 Å². The van der Waals surface area contributed by atoms with Crippen LogP contribution in [0.3, 0.4) is 0 Å². The third-order valence-electron chi connectivity index (χ3n) is 3.59. The molecular formula is C17H17NO6. The van der Waals surface area contributed by atoms with Gasteiger partial charge in [0, 0.05) is 11.6 Å². The van der Waals surface area contributed by atoms with Crippen LogP contribution in [0.2, 0.25) is 0 Å². The minimum atomic E-state index is -0.624. The molecule has 0 amide bonds. The average molecular weight is 331 g/mol. The van der Waals surface area contributed by atoms with E-state index in [1.807, 2.05) is 30.3 Å². The van der Waals surface area contributed by atoms with E-state index in [0.717, 1.165) is 5.56 Å². The van der Waals surface area contributed by atoms with E-state index in [0.29, 0.717) is 18.8 Å². The number of methoxy groups -OCH3 is 1. The SMILES string of the molecule is COc1cc(C2OCCO2)cc([N+](=O)[O-])c1OCc1ccccc1. The lowest BCUT2D eigenvalue weighted by Gasteiger charge is -2.15. The number of ether oxygens (including phenoxy) is 4. The Bertz CT molecular complexity index is 713. The Balaban J connectivity index is 1.92. The maximum atomic E-state index is 11.5. The molecule has 3 rings (SSSR count). The Morgan fingerprint density at radius 3 is 2.54 bits per heavy atom. The van der Waals surface area contributed by atoms with E-state index < -0.39 is 11.2 Å². The summed E-state index contributed by atoms with van der Waals surface area (Å²) in [4.78, 5) is 11.0. The molecular weight excluding hydrogens is 314 g/mol. The summed E-state index contributed by atoms with van der Waals surface area (Å²) in [7, 11) is 1.44. The highest BCUT2D eigenvalue weighted by atomic mass is 16.7. The zero-order valence-electron chi connectivity index (χ0n) is 13.1. The molecule has 0 saturated carbocycles. The van der Waals surface area contributed by atoms with Crippen molar-refractivity contribution in [1.82, 2.24) is 0 Å². The summed E-state index contributed by atoms with van der Waals surface area (Å²) in [6.45, 7) is 1.11. The van der Waals surface area contributed by atoms with E-state index in [2.05, 4.69) is 0 Å². The normalized spacial score (nSPS) is 14.5. The Kier molecular flexibility index (Phi) is 4.93. The highest BCUT2D eigenvalue weighted by Crippen LogP contribution is 2.41. The number of hydrogen-bond donors (Lipinski definition) is 0. The molecule has 1 heterocycles. The van der Waals surface area contributed by atoms with Gasteiger partial charge in [-0.1, -0.05) is 30.3 Å². The minimum absolute atomic E-state index is 0.0908. The van der Waals surface area contributed by atoms with Gasteiger partial charge in [-0.15, -0.1) is 0 Å². The highest BCUT2D eigenvalue weighted by Gasteiger charge is 2.27. The van der Waals surface area contributed by atoms with Crippen molar-refractivity contribution in [3.63, 3.8) is 0 Å². The summed E-state index contributed by atoms with van der Waals surface area (Å²) in [5, 5.41) is 11.5. The van der Waals surface area contributed by atoms with Gasteiger partial charge in [0.15, 0.2) is 12.0 Å². The Morgan fingerprint density at radius 1 is 1.21 bits per heavy atom. The summed E-state index contributed by atoms with van der Waals surface area (Å²) >= 11 is 0. The second-order valence-corrected chi connectivity index (χ2v) is 5.18. The molecule has 0 bridgehead atoms. The topological polar surface area (TPSA) is 80.1 Å². The van der Waals surface area contributed by atoms with Crippen molar-refractivity contribution in [3.05, 3.63) is 63.7 Å². The summed E-state index contributed by atoms with van der Waals surface area (Å²) in [6, 6.07) is 12.5. The van der Waals surface area contributed by atoms with Crippen molar-refractivity contribution in [1.29, 1.82) is 0 Å². The van der Waals surface area contributed by atoms with Gasteiger partial charge >= 0.3 is 5.69 Å². The van der Waals surface area contributed by atoms with E-state index in [4.69, 9.17) is 18.9 Å². The molecule has 0 spiro atoms. The van der Waals surface area contributed by atoms with E-state index in [1.165, 1.54) is 13.2 Å². The van der Waals surface area contributed by atoms with Gasteiger partial charge in [0.2, 0.25) is 5.75 Å². The molecule has 7 nitrogen and oxygen atoms in total. The lowest BCUT2D eigenvalue weighted by Crippen LogP contribution is -2.05. The molecule has 126 valence electrons. The first-order valence-electron chi connectivity index (χ1n) is 7.45. The van der Waals surface area contributed by atoms with E-state index in [-0.39, 0.29) is 23.8 Å². The minimum Gasteiger partial charge on any atom is -0.493 e. The van der Waals surface area contributed by atoms with Crippen LogP contribution in [0.4, 0.5) is 5.69 Å². The van der Waals surface area contributed by atoms with Crippen molar-refractivity contribution in [2.45, 2.75) is 12.9 Å². The zero-order valence-corrected chi connectivity index (χ0v) is 13.1. The predicted octanol–water partition coefficient (Wildman–Crippen LogP) is 3.23. The van der Waals surface area contributed by atoms with Crippen LogP contribution < -0.4 is 9.47 Å². The zero-order chi connectivity index (χ0) is 16.9. The number of benzene rings is 2. The first-order chi connectivity index (χ1) is 11.7. The molecule has 7 heteroatoms. The van der Waals surface area contributed by atoms with Crippen LogP contribution in [-0.2, 0) is 16.1 Å². The van der Waals surface area contributed by atoms with Gasteiger partial charge in [0.05, 0.1) is 25.2 Å². The van der Waals surface area contributed by atoms with Gasteiger partial charge < -0.3 is 18.9 Å². The summed E-state index contributed by atoms with van der Waals surface area (Å²) < 4.78 is 21.8. The van der Waals surface area contributed by atoms with Crippen LogP contribution in [0, 0.1) is 10.1 Å². The number of hydrogen-bond acceptors (Lipinski definition) is 6. The molecule has 2 aromatic carbocycles. The standard InChI is InChI=1S/C17H17NO6/c1-21-15-10-13(17-22-7-8-23-17)9-14(18(19)20)16(15)24-11-12-5-3-2-4-6-12/h2-6,9-10,17H,7-8,11H2,1H3. The van der Waals surface area contributed by atoms with Crippen LogP contribution in [0.1, 0.15) is 17.4 Å². The van der Waals surface area contributed by atoms with Crippen LogP contribution in [0.15, 0.2) is 42.5 Å². The van der Waals surface area contributed by atoms with E-state index >= 15 is 0 Å². The highest BCUT2D eigenvalue weighted by molar-refractivity contribution is 5.58. The van der Waals surface area contributed by atoms with Crippen LogP contribution in [0.25, 0.3) is 0 Å². The molecule has 0 unspecified atom stereocenters. The maximum Gasteiger partial charge on any atom is 0.315 e. The molecule has 0 atom stereocenters. The number of nitrogens with zero attached hydrogens (tertiary/aromatic N) is 1. The first kappa shape index (κ1) is 16.2. The number of rotatable bonds is 6. The van der Waals surface area contributed by atoms with Gasteiger partial charge in [0.1, 0.15) is 6.61 Å². The van der Waals surface area contributed by atoms with Crippen LogP contribution in [-0.4, -0.2) is 25.2 Å². The Morgan fingerprint density at radius 2 is 1.92 bits per heavy atom. The molecule has 1 aliphatic rings. The maximum absolute atomic E-state index is 11.5. The fourth-order valence-electron chi connectivity index (χ4n) is 2.46. The summed E-state index contributed by atoms with van der Waals surface area (Å²) in [6.07, 6.45) is -0.624. The van der Waals surface area contributed by atoms with Gasteiger partial charge in [-0.3, -0.25) is 10.1 Å².